The summed E-state index contributed by atoms with van der Waals surface area (Å²) in [6.45, 7) is 2.94. The molecule has 12 heavy (non-hydrogen) atoms. The van der Waals surface area contributed by atoms with Crippen molar-refractivity contribution in [3.05, 3.63) is 0 Å². The fourth-order valence-corrected chi connectivity index (χ4v) is 0.480. The third kappa shape index (κ3) is 5.40. The van der Waals surface area contributed by atoms with Crippen molar-refractivity contribution in [1.82, 2.24) is 0 Å². The van der Waals surface area contributed by atoms with Crippen LogP contribution in [0.1, 0.15) is 20.3 Å². The smallest absolute Gasteiger partial charge is 0.434 e. The first-order valence-corrected chi connectivity index (χ1v) is 3.43. The van der Waals surface area contributed by atoms with Crippen LogP contribution in [-0.2, 0) is 19.1 Å². The van der Waals surface area contributed by atoms with Crippen LogP contribution < -0.4 is 0 Å². The van der Waals surface area contributed by atoms with Crippen LogP contribution in [0.4, 0.5) is 4.79 Å². The Kier molecular flexibility index (Phi) is 4.67. The molecule has 0 saturated heterocycles. The highest BCUT2D eigenvalue weighted by Crippen LogP contribution is 1.91. The van der Waals surface area contributed by atoms with Gasteiger partial charge in [0.15, 0.2) is 0 Å². The lowest BCUT2D eigenvalue weighted by Gasteiger charge is -2.00. The van der Waals surface area contributed by atoms with Gasteiger partial charge in [0.25, 0.3) is 0 Å². The Morgan fingerprint density at radius 1 is 1.25 bits per heavy atom. The molecule has 0 aliphatic rings. The molecule has 0 spiro atoms. The monoisotopic (exact) mass is 174 g/mol. The van der Waals surface area contributed by atoms with E-state index < -0.39 is 18.5 Å². The van der Waals surface area contributed by atoms with Crippen molar-refractivity contribution in [2.75, 3.05) is 6.61 Å². The molecule has 0 amide bonds. The van der Waals surface area contributed by atoms with Crippen LogP contribution in [-0.4, -0.2) is 24.5 Å². The number of hydrogen-bond donors (Lipinski definition) is 0. The fraction of sp³-hybridized carbons (Fsp3) is 0.571. The molecule has 0 heterocycles. The summed E-state index contributed by atoms with van der Waals surface area (Å²) in [6, 6.07) is 0. The number of ketones is 1. The van der Waals surface area contributed by atoms with E-state index in [4.69, 9.17) is 0 Å². The first kappa shape index (κ1) is 10.6. The van der Waals surface area contributed by atoms with E-state index in [1.165, 1.54) is 6.92 Å². The van der Waals surface area contributed by atoms with E-state index in [0.29, 0.717) is 0 Å². The lowest BCUT2D eigenvalue weighted by Crippen LogP contribution is -2.15. The highest BCUT2D eigenvalue weighted by molar-refractivity contribution is 5.97. The lowest BCUT2D eigenvalue weighted by atomic mass is 10.3. The second kappa shape index (κ2) is 5.29. The molecule has 0 radical (unpaired) electrons. The molecule has 0 aliphatic carbocycles. The van der Waals surface area contributed by atoms with E-state index in [0.717, 1.165) is 0 Å². The molecular formula is C7H10O5. The van der Waals surface area contributed by atoms with E-state index in [-0.39, 0.29) is 12.4 Å². The minimum absolute atomic E-state index is 0.131. The summed E-state index contributed by atoms with van der Waals surface area (Å²) in [5.41, 5.74) is 0. The number of ether oxygens (including phenoxy) is 2. The average molecular weight is 174 g/mol. The molecule has 68 valence electrons. The normalized spacial score (nSPS) is 8.83. The van der Waals surface area contributed by atoms with Crippen LogP contribution in [0.25, 0.3) is 0 Å². The Balaban J connectivity index is 3.69. The van der Waals surface area contributed by atoms with Crippen molar-refractivity contribution in [3.63, 3.8) is 0 Å². The van der Waals surface area contributed by atoms with Crippen molar-refractivity contribution in [2.24, 2.45) is 0 Å². The van der Waals surface area contributed by atoms with E-state index in [9.17, 15) is 14.4 Å². The van der Waals surface area contributed by atoms with E-state index >= 15 is 0 Å². The van der Waals surface area contributed by atoms with Gasteiger partial charge in [-0.2, -0.15) is 0 Å². The van der Waals surface area contributed by atoms with Gasteiger partial charge in [-0.1, -0.05) is 0 Å². The third-order valence-corrected chi connectivity index (χ3v) is 0.853. The fourth-order valence-electron chi connectivity index (χ4n) is 0.480. The summed E-state index contributed by atoms with van der Waals surface area (Å²) < 4.78 is 8.38. The molecule has 0 atom stereocenters. The van der Waals surface area contributed by atoms with Crippen molar-refractivity contribution >= 4 is 17.9 Å². The van der Waals surface area contributed by atoms with Crippen LogP contribution >= 0.6 is 0 Å². The van der Waals surface area contributed by atoms with Gasteiger partial charge in [-0.05, 0) is 13.8 Å². The van der Waals surface area contributed by atoms with Crippen LogP contribution in [0, 0.1) is 0 Å². The van der Waals surface area contributed by atoms with Crippen molar-refractivity contribution in [2.45, 2.75) is 20.3 Å². The second-order valence-corrected chi connectivity index (χ2v) is 2.04. The predicted octanol–water partition coefficient (Wildman–Crippen LogP) is 0.665. The van der Waals surface area contributed by atoms with Gasteiger partial charge in [-0.3, -0.25) is 9.59 Å². The number of esters is 1. The zero-order valence-corrected chi connectivity index (χ0v) is 6.96. The molecule has 0 saturated carbocycles. The van der Waals surface area contributed by atoms with Crippen LogP contribution in [0.5, 0.6) is 0 Å². The number of carbonyl (C=O) groups excluding carboxylic acids is 3. The maximum absolute atomic E-state index is 10.6. The molecule has 5 heteroatoms. The predicted molar refractivity (Wildman–Crippen MR) is 38.4 cm³/mol. The van der Waals surface area contributed by atoms with Gasteiger partial charge in [0, 0.05) is 0 Å². The van der Waals surface area contributed by atoms with Gasteiger partial charge in [-0.15, -0.1) is 0 Å². The minimum Gasteiger partial charge on any atom is -0.434 e. The van der Waals surface area contributed by atoms with Crippen molar-refractivity contribution in [1.29, 1.82) is 0 Å². The number of hydrogen-bond acceptors (Lipinski definition) is 5. The van der Waals surface area contributed by atoms with Crippen LogP contribution in [0.15, 0.2) is 0 Å². The molecule has 0 aromatic carbocycles. The van der Waals surface area contributed by atoms with Crippen molar-refractivity contribution < 1.29 is 23.9 Å². The first-order chi connectivity index (χ1) is 5.56. The van der Waals surface area contributed by atoms with Crippen LogP contribution in [0.3, 0.4) is 0 Å². The van der Waals surface area contributed by atoms with Crippen molar-refractivity contribution in [3.8, 4) is 0 Å². The highest BCUT2D eigenvalue weighted by atomic mass is 16.7. The minimum atomic E-state index is -1.07. The third-order valence-electron chi connectivity index (χ3n) is 0.853. The highest BCUT2D eigenvalue weighted by Gasteiger charge is 2.12. The number of carbonyl (C=O) groups is 3. The standard InChI is InChI=1S/C7H10O5/c1-3-11-7(10)12-6(9)4-5(2)8/h3-4H2,1-2H3. The largest absolute Gasteiger partial charge is 0.516 e. The molecule has 0 aromatic rings. The Hall–Kier alpha value is -1.39. The van der Waals surface area contributed by atoms with E-state index in [2.05, 4.69) is 9.47 Å². The quantitative estimate of drug-likeness (QED) is 0.464. The molecule has 0 unspecified atom stereocenters. The Morgan fingerprint density at radius 2 is 1.83 bits per heavy atom. The summed E-state index contributed by atoms with van der Waals surface area (Å²) in [5.74, 6) is -1.25. The van der Waals surface area contributed by atoms with Crippen LogP contribution in [0.2, 0.25) is 0 Å². The molecule has 0 rings (SSSR count). The molecule has 0 aromatic heterocycles. The summed E-state index contributed by atoms with van der Waals surface area (Å²) in [6.07, 6.45) is -1.47. The molecule has 0 bridgehead atoms. The Labute approximate surface area is 69.6 Å². The van der Waals surface area contributed by atoms with Gasteiger partial charge in [0.1, 0.15) is 12.2 Å². The molecular weight excluding hydrogens is 164 g/mol. The maximum atomic E-state index is 10.6. The van der Waals surface area contributed by atoms with Gasteiger partial charge >= 0.3 is 12.1 Å². The number of Topliss-reactive ketones (excluding diaryl/α,β-unsaturated/α-hetero) is 1. The molecule has 5 nitrogen and oxygen atoms in total. The summed E-state index contributed by atoms with van der Waals surface area (Å²) in [4.78, 5) is 31.4. The molecule has 0 fully saturated rings. The zero-order chi connectivity index (χ0) is 9.56. The topological polar surface area (TPSA) is 69.7 Å². The molecule has 0 N–H and O–H groups in total. The summed E-state index contributed by atoms with van der Waals surface area (Å²) in [5, 5.41) is 0. The lowest BCUT2D eigenvalue weighted by molar-refractivity contribution is -0.142. The van der Waals surface area contributed by atoms with Gasteiger partial charge < -0.3 is 9.47 Å². The van der Waals surface area contributed by atoms with Gasteiger partial charge in [0.05, 0.1) is 6.61 Å². The molecule has 0 aliphatic heterocycles. The first-order valence-electron chi connectivity index (χ1n) is 3.43. The van der Waals surface area contributed by atoms with Gasteiger partial charge in [-0.25, -0.2) is 4.79 Å². The van der Waals surface area contributed by atoms with E-state index in [1.807, 2.05) is 0 Å². The Morgan fingerprint density at radius 3 is 2.25 bits per heavy atom. The maximum Gasteiger partial charge on any atom is 0.516 e. The average Bonchev–Trinajstić information content (AvgIpc) is 1.84. The zero-order valence-electron chi connectivity index (χ0n) is 6.96. The Bertz CT molecular complexity index is 196. The SMILES string of the molecule is CCOC(=O)OC(=O)CC(C)=O. The second-order valence-electron chi connectivity index (χ2n) is 2.04. The summed E-state index contributed by atoms with van der Waals surface area (Å²) in [7, 11) is 0. The van der Waals surface area contributed by atoms with E-state index in [1.54, 1.807) is 6.92 Å². The summed E-state index contributed by atoms with van der Waals surface area (Å²) >= 11 is 0. The van der Waals surface area contributed by atoms with Gasteiger partial charge in [0.2, 0.25) is 0 Å². The number of rotatable bonds is 3.